The van der Waals surface area contributed by atoms with Gasteiger partial charge in [0.2, 0.25) is 0 Å². The lowest BCUT2D eigenvalue weighted by molar-refractivity contribution is 0.656. The molecule has 0 saturated heterocycles. The zero-order chi connectivity index (χ0) is 11.1. The molecule has 0 amide bonds. The Morgan fingerprint density at radius 3 is 2.53 bits per heavy atom. The third-order valence-electron chi connectivity index (χ3n) is 2.77. The monoisotopic (exact) mass is 209 g/mol. The Balaban J connectivity index is 2.45. The molecule has 0 spiro atoms. The molecule has 0 radical (unpaired) electrons. The van der Waals surface area contributed by atoms with Crippen molar-refractivity contribution >= 4 is 5.82 Å². The maximum atomic E-state index is 5.82. The summed E-state index contributed by atoms with van der Waals surface area (Å²) in [4.78, 5) is 0. The highest BCUT2D eigenvalue weighted by molar-refractivity contribution is 5.42. The second-order valence-electron chi connectivity index (χ2n) is 4.13. The largest absolute Gasteiger partial charge is 0.382 e. The molecule has 0 unspecified atom stereocenters. The van der Waals surface area contributed by atoms with Crippen LogP contribution >= 0.6 is 0 Å². The van der Waals surface area contributed by atoms with Crippen molar-refractivity contribution in [1.29, 1.82) is 0 Å². The molecule has 86 valence electrons. The predicted molar refractivity (Wildman–Crippen MR) is 64.8 cm³/mol. The summed E-state index contributed by atoms with van der Waals surface area (Å²) in [7, 11) is 0. The number of nitrogen functional groups attached to an aromatic ring is 1. The van der Waals surface area contributed by atoms with Crippen LogP contribution in [0.2, 0.25) is 0 Å². The summed E-state index contributed by atoms with van der Waals surface area (Å²) >= 11 is 0. The van der Waals surface area contributed by atoms with E-state index >= 15 is 0 Å². The molecular weight excluding hydrogens is 186 g/mol. The Morgan fingerprint density at radius 1 is 1.07 bits per heavy atom. The van der Waals surface area contributed by atoms with Crippen LogP contribution in [0.15, 0.2) is 0 Å². The van der Waals surface area contributed by atoms with Gasteiger partial charge in [0, 0.05) is 11.3 Å². The molecule has 3 N–H and O–H groups in total. The SMILES string of the molecule is CCCCCCc1[nH]nc(N)c1CCC. The number of unbranched alkanes of at least 4 members (excludes halogenated alkanes) is 3. The molecule has 0 aromatic carbocycles. The fourth-order valence-electron chi connectivity index (χ4n) is 1.88. The van der Waals surface area contributed by atoms with Crippen LogP contribution in [0.4, 0.5) is 5.82 Å². The van der Waals surface area contributed by atoms with Crippen LogP contribution < -0.4 is 5.73 Å². The average Bonchev–Trinajstić information content (AvgIpc) is 2.57. The van der Waals surface area contributed by atoms with E-state index in [0.717, 1.165) is 19.3 Å². The number of aromatic amines is 1. The first-order valence-corrected chi connectivity index (χ1v) is 6.11. The molecule has 0 aliphatic rings. The minimum absolute atomic E-state index is 0.697. The lowest BCUT2D eigenvalue weighted by atomic mass is 10.0. The standard InChI is InChI=1S/C12H23N3/c1-3-5-6-7-9-11-10(8-4-2)12(13)15-14-11/h3-9H2,1-2H3,(H3,13,14,15). The van der Waals surface area contributed by atoms with E-state index in [1.165, 1.54) is 36.9 Å². The van der Waals surface area contributed by atoms with Crippen LogP contribution in [0, 0.1) is 0 Å². The zero-order valence-electron chi connectivity index (χ0n) is 9.97. The van der Waals surface area contributed by atoms with E-state index in [4.69, 9.17) is 5.73 Å². The summed E-state index contributed by atoms with van der Waals surface area (Å²) < 4.78 is 0. The maximum absolute atomic E-state index is 5.82. The van der Waals surface area contributed by atoms with Gasteiger partial charge in [-0.2, -0.15) is 5.10 Å². The van der Waals surface area contributed by atoms with Crippen LogP contribution in [-0.2, 0) is 12.8 Å². The van der Waals surface area contributed by atoms with Crippen molar-refractivity contribution in [2.75, 3.05) is 5.73 Å². The molecule has 1 aromatic rings. The van der Waals surface area contributed by atoms with Gasteiger partial charge in [-0.25, -0.2) is 0 Å². The average molecular weight is 209 g/mol. The van der Waals surface area contributed by atoms with Gasteiger partial charge in [-0.15, -0.1) is 0 Å². The number of aromatic nitrogens is 2. The molecule has 3 nitrogen and oxygen atoms in total. The third kappa shape index (κ3) is 3.57. The number of hydrogen-bond donors (Lipinski definition) is 2. The number of nitrogens with two attached hydrogens (primary N) is 1. The number of H-pyrrole nitrogens is 1. The minimum atomic E-state index is 0.697. The first-order valence-electron chi connectivity index (χ1n) is 6.11. The molecular formula is C12H23N3. The van der Waals surface area contributed by atoms with Crippen molar-refractivity contribution in [3.63, 3.8) is 0 Å². The smallest absolute Gasteiger partial charge is 0.148 e. The van der Waals surface area contributed by atoms with Crippen LogP contribution in [-0.4, -0.2) is 10.2 Å². The van der Waals surface area contributed by atoms with E-state index in [9.17, 15) is 0 Å². The number of nitrogens with one attached hydrogen (secondary N) is 1. The van der Waals surface area contributed by atoms with E-state index in [0.29, 0.717) is 5.82 Å². The van der Waals surface area contributed by atoms with Crippen LogP contribution in [0.5, 0.6) is 0 Å². The highest BCUT2D eigenvalue weighted by Gasteiger charge is 2.08. The molecule has 1 rings (SSSR count). The van der Waals surface area contributed by atoms with Crippen molar-refractivity contribution in [3.8, 4) is 0 Å². The van der Waals surface area contributed by atoms with Gasteiger partial charge < -0.3 is 5.73 Å². The Labute approximate surface area is 92.5 Å². The van der Waals surface area contributed by atoms with Crippen LogP contribution in [0.1, 0.15) is 57.2 Å². The van der Waals surface area contributed by atoms with Crippen molar-refractivity contribution in [3.05, 3.63) is 11.3 Å². The Bertz CT molecular complexity index is 278. The first kappa shape index (κ1) is 12.1. The number of rotatable bonds is 7. The topological polar surface area (TPSA) is 54.7 Å². The van der Waals surface area contributed by atoms with E-state index in [1.54, 1.807) is 0 Å². The fourth-order valence-corrected chi connectivity index (χ4v) is 1.88. The molecule has 0 saturated carbocycles. The van der Waals surface area contributed by atoms with Gasteiger partial charge >= 0.3 is 0 Å². The molecule has 1 heterocycles. The predicted octanol–water partition coefficient (Wildman–Crippen LogP) is 3.07. The van der Waals surface area contributed by atoms with Gasteiger partial charge in [-0.3, -0.25) is 5.10 Å². The number of anilines is 1. The van der Waals surface area contributed by atoms with Crippen molar-refractivity contribution in [1.82, 2.24) is 10.2 Å². The van der Waals surface area contributed by atoms with Crippen LogP contribution in [0.25, 0.3) is 0 Å². The first-order chi connectivity index (χ1) is 7.29. The van der Waals surface area contributed by atoms with Gasteiger partial charge in [0.25, 0.3) is 0 Å². The zero-order valence-corrected chi connectivity index (χ0v) is 9.97. The fraction of sp³-hybridized carbons (Fsp3) is 0.750. The van der Waals surface area contributed by atoms with E-state index in [1.807, 2.05) is 0 Å². The number of hydrogen-bond acceptors (Lipinski definition) is 2. The molecule has 0 bridgehead atoms. The lowest BCUT2D eigenvalue weighted by Crippen LogP contribution is -1.95. The maximum Gasteiger partial charge on any atom is 0.148 e. The molecule has 0 atom stereocenters. The van der Waals surface area contributed by atoms with Gasteiger partial charge in [0.05, 0.1) is 0 Å². The van der Waals surface area contributed by atoms with Crippen molar-refractivity contribution < 1.29 is 0 Å². The molecule has 3 heteroatoms. The number of nitrogens with zero attached hydrogens (tertiary/aromatic N) is 1. The van der Waals surface area contributed by atoms with Crippen LogP contribution in [0.3, 0.4) is 0 Å². The van der Waals surface area contributed by atoms with Gasteiger partial charge in [0.15, 0.2) is 0 Å². The summed E-state index contributed by atoms with van der Waals surface area (Å²) in [6.45, 7) is 4.41. The highest BCUT2D eigenvalue weighted by Crippen LogP contribution is 2.17. The lowest BCUT2D eigenvalue weighted by Gasteiger charge is -2.02. The minimum Gasteiger partial charge on any atom is -0.382 e. The second-order valence-corrected chi connectivity index (χ2v) is 4.13. The van der Waals surface area contributed by atoms with Crippen molar-refractivity contribution in [2.45, 2.75) is 58.8 Å². The Kier molecular flexibility index (Phi) is 5.22. The van der Waals surface area contributed by atoms with E-state index in [-0.39, 0.29) is 0 Å². The van der Waals surface area contributed by atoms with Gasteiger partial charge in [-0.1, -0.05) is 39.5 Å². The summed E-state index contributed by atoms with van der Waals surface area (Å²) in [5.41, 5.74) is 8.31. The second kappa shape index (κ2) is 6.49. The van der Waals surface area contributed by atoms with Gasteiger partial charge in [0.1, 0.15) is 5.82 Å². The Morgan fingerprint density at radius 2 is 1.87 bits per heavy atom. The molecule has 1 aromatic heterocycles. The van der Waals surface area contributed by atoms with Crippen molar-refractivity contribution in [2.24, 2.45) is 0 Å². The molecule has 0 aliphatic heterocycles. The summed E-state index contributed by atoms with van der Waals surface area (Å²) in [5, 5.41) is 7.15. The van der Waals surface area contributed by atoms with E-state index in [2.05, 4.69) is 24.0 Å². The third-order valence-corrected chi connectivity index (χ3v) is 2.77. The highest BCUT2D eigenvalue weighted by atomic mass is 15.2. The quantitative estimate of drug-likeness (QED) is 0.678. The Hall–Kier alpha value is -0.990. The summed E-state index contributed by atoms with van der Waals surface area (Å²) in [6.07, 6.45) is 8.43. The molecule has 15 heavy (non-hydrogen) atoms. The summed E-state index contributed by atoms with van der Waals surface area (Å²) in [5.74, 6) is 0.697. The van der Waals surface area contributed by atoms with Gasteiger partial charge in [-0.05, 0) is 19.3 Å². The molecule has 0 fully saturated rings. The normalized spacial score (nSPS) is 10.8. The number of aryl methyl sites for hydroxylation is 1. The summed E-state index contributed by atoms with van der Waals surface area (Å²) in [6, 6.07) is 0. The van der Waals surface area contributed by atoms with E-state index < -0.39 is 0 Å². The molecule has 0 aliphatic carbocycles.